The third-order valence-corrected chi connectivity index (χ3v) is 4.44. The normalized spacial score (nSPS) is 13.0. The summed E-state index contributed by atoms with van der Waals surface area (Å²) in [5, 5.41) is 4.10. The summed E-state index contributed by atoms with van der Waals surface area (Å²) < 4.78 is 31.2. The highest BCUT2D eigenvalue weighted by Crippen LogP contribution is 2.38. The number of aromatic nitrogens is 4. The van der Waals surface area contributed by atoms with Crippen molar-refractivity contribution in [2.75, 3.05) is 32.0 Å². The van der Waals surface area contributed by atoms with Crippen molar-refractivity contribution in [2.24, 2.45) is 0 Å². The van der Waals surface area contributed by atoms with Crippen LogP contribution in [-0.2, 0) is 20.2 Å². The van der Waals surface area contributed by atoms with E-state index in [0.29, 0.717) is 25.3 Å². The molecule has 0 saturated heterocycles. The Morgan fingerprint density at radius 2 is 2.04 bits per heavy atom. The molecule has 2 rings (SSSR count). The quantitative estimate of drug-likeness (QED) is 0.657. The molecule has 10 heteroatoms. The zero-order chi connectivity index (χ0) is 16.7. The van der Waals surface area contributed by atoms with Gasteiger partial charge in [-0.25, -0.2) is 14.4 Å². The van der Waals surface area contributed by atoms with E-state index in [1.54, 1.807) is 6.20 Å². The zero-order valence-electron chi connectivity index (χ0n) is 13.2. The summed E-state index contributed by atoms with van der Waals surface area (Å²) in [6.07, 6.45) is 2.88. The molecular formula is C13H21FN5O3P. The van der Waals surface area contributed by atoms with Gasteiger partial charge >= 0.3 is 0 Å². The molecule has 0 fully saturated rings. The second-order valence-corrected chi connectivity index (χ2v) is 6.02. The predicted octanol–water partition coefficient (Wildman–Crippen LogP) is 1.95. The summed E-state index contributed by atoms with van der Waals surface area (Å²) in [7, 11) is -1.16. The molecule has 1 atom stereocenters. The van der Waals surface area contributed by atoms with Crippen LogP contribution in [0.3, 0.4) is 0 Å². The van der Waals surface area contributed by atoms with Crippen molar-refractivity contribution in [3.05, 3.63) is 18.1 Å². The number of hydrogen-bond acceptors (Lipinski definition) is 7. The maximum Gasteiger partial charge on any atom is 0.224 e. The third kappa shape index (κ3) is 4.78. The van der Waals surface area contributed by atoms with Crippen molar-refractivity contribution in [2.45, 2.75) is 26.4 Å². The van der Waals surface area contributed by atoms with E-state index in [4.69, 9.17) is 19.5 Å². The summed E-state index contributed by atoms with van der Waals surface area (Å²) >= 11 is 0. The van der Waals surface area contributed by atoms with Gasteiger partial charge in [-0.3, -0.25) is 0 Å². The number of alkyl halides is 1. The minimum Gasteiger partial charge on any atom is -0.368 e. The van der Waals surface area contributed by atoms with Crippen LogP contribution in [0.4, 0.5) is 10.3 Å². The first-order valence-corrected chi connectivity index (χ1v) is 8.69. The Kier molecular flexibility index (Phi) is 7.04. The van der Waals surface area contributed by atoms with Crippen molar-refractivity contribution in [1.82, 2.24) is 19.6 Å². The molecule has 0 radical (unpaired) electrons. The molecule has 1 unspecified atom stereocenters. The lowest BCUT2D eigenvalue weighted by Crippen LogP contribution is -2.19. The first-order valence-electron chi connectivity index (χ1n) is 7.33. The molecule has 8 nitrogen and oxygen atoms in total. The standard InChI is InChI=1S/C13H21FN5O3P/c1-3-21-23(22-4-2)9-20-11(6-14)5-10-7-18-19-12(10)16-8-17-13(19)15/h7-8,11H,3-6,9H2,1-2H3,(H2,15,16,17). The van der Waals surface area contributed by atoms with Gasteiger partial charge in [0.05, 0.1) is 25.5 Å². The lowest BCUT2D eigenvalue weighted by molar-refractivity contribution is 0.0565. The number of halogens is 1. The highest BCUT2D eigenvalue weighted by molar-refractivity contribution is 7.47. The molecule has 2 heterocycles. The Hall–Kier alpha value is -1.41. The summed E-state index contributed by atoms with van der Waals surface area (Å²) in [5.74, 6) is 0.232. The number of ether oxygens (including phenoxy) is 1. The molecule has 0 saturated carbocycles. The van der Waals surface area contributed by atoms with E-state index in [1.165, 1.54) is 10.8 Å². The van der Waals surface area contributed by atoms with E-state index in [2.05, 4.69) is 15.1 Å². The van der Waals surface area contributed by atoms with E-state index < -0.39 is 21.2 Å². The third-order valence-electron chi connectivity index (χ3n) is 2.99. The molecule has 0 aliphatic heterocycles. The summed E-state index contributed by atoms with van der Waals surface area (Å²) in [4.78, 5) is 7.98. The molecule has 2 aromatic rings. The summed E-state index contributed by atoms with van der Waals surface area (Å²) in [6, 6.07) is 0. The average molecular weight is 345 g/mol. The fraction of sp³-hybridized carbons (Fsp3) is 0.615. The Balaban J connectivity index is 1.99. The number of nitrogen functional groups attached to an aromatic ring is 1. The number of nitrogens with two attached hydrogens (primary N) is 1. The minimum atomic E-state index is -1.16. The monoisotopic (exact) mass is 345 g/mol. The molecule has 2 N–H and O–H groups in total. The lowest BCUT2D eigenvalue weighted by Gasteiger charge is -2.19. The van der Waals surface area contributed by atoms with Gasteiger partial charge in [0.25, 0.3) is 0 Å². The smallest absolute Gasteiger partial charge is 0.224 e. The van der Waals surface area contributed by atoms with Crippen molar-refractivity contribution >= 4 is 20.0 Å². The molecule has 0 aliphatic rings. The Morgan fingerprint density at radius 1 is 1.30 bits per heavy atom. The largest absolute Gasteiger partial charge is 0.368 e. The molecule has 0 aromatic carbocycles. The van der Waals surface area contributed by atoms with E-state index in [1.807, 2.05) is 13.8 Å². The molecule has 0 amide bonds. The molecule has 23 heavy (non-hydrogen) atoms. The predicted molar refractivity (Wildman–Crippen MR) is 84.8 cm³/mol. The van der Waals surface area contributed by atoms with Crippen LogP contribution in [-0.4, -0.2) is 51.9 Å². The van der Waals surface area contributed by atoms with E-state index in [-0.39, 0.29) is 12.3 Å². The topological polar surface area (TPSA) is 96.8 Å². The van der Waals surface area contributed by atoms with Crippen LogP contribution in [0.15, 0.2) is 12.5 Å². The number of fused-ring (bicyclic) bond motifs is 1. The molecule has 0 spiro atoms. The second kappa shape index (κ2) is 9.02. The van der Waals surface area contributed by atoms with Gasteiger partial charge < -0.3 is 19.5 Å². The van der Waals surface area contributed by atoms with Crippen LogP contribution in [0.25, 0.3) is 5.65 Å². The van der Waals surface area contributed by atoms with Crippen LogP contribution in [0.2, 0.25) is 0 Å². The average Bonchev–Trinajstić information content (AvgIpc) is 2.96. The zero-order valence-corrected chi connectivity index (χ0v) is 14.1. The van der Waals surface area contributed by atoms with Gasteiger partial charge in [-0.05, 0) is 13.8 Å². The number of anilines is 1. The molecule has 2 aromatic heterocycles. The summed E-state index contributed by atoms with van der Waals surface area (Å²) in [6.45, 7) is 4.19. The van der Waals surface area contributed by atoms with E-state index in [0.717, 1.165) is 5.56 Å². The number of nitrogens with zero attached hydrogens (tertiary/aromatic N) is 4. The van der Waals surface area contributed by atoms with Crippen molar-refractivity contribution in [1.29, 1.82) is 0 Å². The van der Waals surface area contributed by atoms with Gasteiger partial charge in [0.2, 0.25) is 5.95 Å². The van der Waals surface area contributed by atoms with E-state index >= 15 is 0 Å². The molecule has 0 aliphatic carbocycles. The highest BCUT2D eigenvalue weighted by atomic mass is 31.2. The van der Waals surface area contributed by atoms with Gasteiger partial charge in [-0.1, -0.05) is 0 Å². The number of rotatable bonds is 10. The highest BCUT2D eigenvalue weighted by Gasteiger charge is 2.18. The summed E-state index contributed by atoms with van der Waals surface area (Å²) in [5.41, 5.74) is 7.01. The van der Waals surface area contributed by atoms with Crippen molar-refractivity contribution < 1.29 is 18.2 Å². The van der Waals surface area contributed by atoms with Crippen molar-refractivity contribution in [3.8, 4) is 0 Å². The maximum absolute atomic E-state index is 13.3. The van der Waals surface area contributed by atoms with Crippen LogP contribution < -0.4 is 5.73 Å². The minimum absolute atomic E-state index is 0.224. The first kappa shape index (κ1) is 17.9. The van der Waals surface area contributed by atoms with Crippen LogP contribution >= 0.6 is 8.38 Å². The first-order chi connectivity index (χ1) is 11.2. The lowest BCUT2D eigenvalue weighted by atomic mass is 10.1. The van der Waals surface area contributed by atoms with Crippen LogP contribution in [0.5, 0.6) is 0 Å². The Bertz CT molecular complexity index is 608. The van der Waals surface area contributed by atoms with Crippen LogP contribution in [0.1, 0.15) is 19.4 Å². The van der Waals surface area contributed by atoms with Crippen molar-refractivity contribution in [3.63, 3.8) is 0 Å². The molecule has 0 bridgehead atoms. The fourth-order valence-corrected chi connectivity index (χ4v) is 3.12. The van der Waals surface area contributed by atoms with Gasteiger partial charge in [0, 0.05) is 12.0 Å². The van der Waals surface area contributed by atoms with Gasteiger partial charge in [-0.15, -0.1) is 0 Å². The number of hydrogen-bond donors (Lipinski definition) is 1. The maximum atomic E-state index is 13.3. The van der Waals surface area contributed by atoms with Gasteiger partial charge in [-0.2, -0.15) is 9.61 Å². The SMILES string of the molecule is CCOP(COC(CF)Cc1cnn2c(N)ncnc12)OCC. The van der Waals surface area contributed by atoms with Gasteiger partial charge in [0.1, 0.15) is 19.3 Å². The molecule has 128 valence electrons. The second-order valence-electron chi connectivity index (χ2n) is 4.58. The Morgan fingerprint density at radius 3 is 2.70 bits per heavy atom. The van der Waals surface area contributed by atoms with E-state index in [9.17, 15) is 4.39 Å². The van der Waals surface area contributed by atoms with Crippen LogP contribution in [0, 0.1) is 0 Å². The molecular weight excluding hydrogens is 324 g/mol. The van der Waals surface area contributed by atoms with Gasteiger partial charge in [0.15, 0.2) is 14.0 Å². The Labute approximate surface area is 135 Å². The fourth-order valence-electron chi connectivity index (χ4n) is 1.99.